The number of fused-ring (bicyclic) bond motifs is 1. The van der Waals surface area contributed by atoms with Gasteiger partial charge >= 0.3 is 0 Å². The van der Waals surface area contributed by atoms with Crippen LogP contribution < -0.4 is 10.5 Å². The first-order valence-electron chi connectivity index (χ1n) is 6.69. The van der Waals surface area contributed by atoms with Crippen molar-refractivity contribution >= 4 is 37.4 Å². The molecule has 21 heavy (non-hydrogen) atoms. The lowest BCUT2D eigenvalue weighted by Crippen LogP contribution is -2.39. The third kappa shape index (κ3) is 2.97. The molecule has 0 bridgehead atoms. The van der Waals surface area contributed by atoms with Gasteiger partial charge in [-0.2, -0.15) is 0 Å². The monoisotopic (exact) mass is 327 g/mol. The summed E-state index contributed by atoms with van der Waals surface area (Å²) in [4.78, 5) is 3.16. The molecule has 8 heteroatoms. The van der Waals surface area contributed by atoms with Crippen LogP contribution in [0.15, 0.2) is 29.3 Å². The molecule has 0 atom stereocenters. The van der Waals surface area contributed by atoms with E-state index >= 15 is 0 Å². The van der Waals surface area contributed by atoms with Crippen LogP contribution in [0, 0.1) is 0 Å². The van der Waals surface area contributed by atoms with Crippen molar-refractivity contribution in [1.29, 1.82) is 0 Å². The van der Waals surface area contributed by atoms with Gasteiger partial charge in [0.05, 0.1) is 0 Å². The molecule has 2 heterocycles. The summed E-state index contributed by atoms with van der Waals surface area (Å²) < 4.78 is 39.0. The summed E-state index contributed by atoms with van der Waals surface area (Å²) in [6.45, 7) is 0. The first-order valence-corrected chi connectivity index (χ1v) is 9.67. The minimum absolute atomic E-state index is 0.147. The minimum atomic E-state index is -3.59. The fourth-order valence-electron chi connectivity index (χ4n) is 2.53. The number of aromatic amines is 1. The van der Waals surface area contributed by atoms with Gasteiger partial charge in [0.15, 0.2) is 0 Å². The summed E-state index contributed by atoms with van der Waals surface area (Å²) in [5, 5.41) is 0.621. The number of anilines is 1. The maximum atomic E-state index is 12.5. The Hall–Kier alpha value is -1.38. The number of rotatable bonds is 3. The molecule has 0 radical (unpaired) electrons. The van der Waals surface area contributed by atoms with Crippen LogP contribution >= 0.6 is 0 Å². The molecule has 6 nitrogen and oxygen atoms in total. The van der Waals surface area contributed by atoms with E-state index in [4.69, 9.17) is 5.73 Å². The number of nitrogens with two attached hydrogens (primary N) is 1. The highest BCUT2D eigenvalue weighted by atomic mass is 32.2. The number of benzene rings is 1. The quantitative estimate of drug-likeness (QED) is 0.730. The van der Waals surface area contributed by atoms with Crippen molar-refractivity contribution in [2.75, 3.05) is 17.2 Å². The van der Waals surface area contributed by atoms with E-state index in [9.17, 15) is 12.6 Å². The zero-order valence-corrected chi connectivity index (χ0v) is 13.0. The van der Waals surface area contributed by atoms with E-state index in [0.717, 1.165) is 0 Å². The van der Waals surface area contributed by atoms with Gasteiger partial charge in [-0.25, -0.2) is 13.1 Å². The van der Waals surface area contributed by atoms with Gasteiger partial charge in [0.25, 0.3) is 0 Å². The van der Waals surface area contributed by atoms with Gasteiger partial charge in [0, 0.05) is 51.1 Å². The van der Waals surface area contributed by atoms with E-state index in [-0.39, 0.29) is 10.9 Å². The number of hydrogen-bond acceptors (Lipinski definition) is 4. The van der Waals surface area contributed by atoms with E-state index in [1.165, 1.54) is 6.20 Å². The predicted molar refractivity (Wildman–Crippen MR) is 83.9 cm³/mol. The maximum absolute atomic E-state index is 12.5. The molecule has 1 aliphatic heterocycles. The topological polar surface area (TPSA) is 105 Å². The van der Waals surface area contributed by atoms with Gasteiger partial charge in [-0.15, -0.1) is 0 Å². The summed E-state index contributed by atoms with van der Waals surface area (Å²) in [5.74, 6) is 1.11. The average Bonchev–Trinajstić information content (AvgIpc) is 2.85. The van der Waals surface area contributed by atoms with Gasteiger partial charge in [-0.3, -0.25) is 4.21 Å². The number of nitrogens with one attached hydrogen (secondary N) is 2. The molecule has 0 spiro atoms. The van der Waals surface area contributed by atoms with Crippen molar-refractivity contribution < 1.29 is 12.6 Å². The van der Waals surface area contributed by atoms with E-state index in [2.05, 4.69) is 9.71 Å². The Morgan fingerprint density at radius 3 is 2.71 bits per heavy atom. The molecule has 1 aliphatic rings. The largest absolute Gasteiger partial charge is 0.399 e. The molecule has 2 aromatic rings. The number of hydrogen-bond donors (Lipinski definition) is 3. The van der Waals surface area contributed by atoms with Crippen LogP contribution in [-0.4, -0.2) is 35.2 Å². The normalized spacial score (nSPS) is 23.4. The molecule has 1 saturated heterocycles. The van der Waals surface area contributed by atoms with Gasteiger partial charge in [0.1, 0.15) is 4.90 Å². The SMILES string of the molecule is Nc1ccc2c(S(=O)(=O)NC3CCS(=O)CC3)c[nH]c2c1. The molecular formula is C13H17N3O3S2. The van der Waals surface area contributed by atoms with Crippen LogP contribution in [0.4, 0.5) is 5.69 Å². The molecule has 0 saturated carbocycles. The van der Waals surface area contributed by atoms with E-state index in [1.54, 1.807) is 18.2 Å². The lowest BCUT2D eigenvalue weighted by atomic mass is 10.2. The second-order valence-electron chi connectivity index (χ2n) is 5.20. The highest BCUT2D eigenvalue weighted by molar-refractivity contribution is 7.89. The van der Waals surface area contributed by atoms with Gasteiger partial charge in [-0.1, -0.05) is 0 Å². The molecule has 0 amide bonds. The van der Waals surface area contributed by atoms with Crippen LogP contribution in [0.25, 0.3) is 10.9 Å². The Balaban J connectivity index is 1.88. The number of nitrogen functional groups attached to an aromatic ring is 1. The zero-order chi connectivity index (χ0) is 15.0. The third-order valence-corrected chi connectivity index (χ3v) is 6.61. The van der Waals surface area contributed by atoms with Gasteiger partial charge in [-0.05, 0) is 31.0 Å². The van der Waals surface area contributed by atoms with E-state index < -0.39 is 20.8 Å². The summed E-state index contributed by atoms with van der Waals surface area (Å²) in [6, 6.07) is 4.94. The lowest BCUT2D eigenvalue weighted by molar-refractivity contribution is 0.522. The fourth-order valence-corrected chi connectivity index (χ4v) is 5.32. The van der Waals surface area contributed by atoms with Crippen molar-refractivity contribution in [2.45, 2.75) is 23.8 Å². The highest BCUT2D eigenvalue weighted by Crippen LogP contribution is 2.25. The first kappa shape index (κ1) is 14.6. The highest BCUT2D eigenvalue weighted by Gasteiger charge is 2.25. The summed E-state index contributed by atoms with van der Waals surface area (Å²) in [5.41, 5.74) is 6.96. The van der Waals surface area contributed by atoms with Gasteiger partial charge < -0.3 is 10.7 Å². The molecule has 1 aromatic carbocycles. The second kappa shape index (κ2) is 5.43. The predicted octanol–water partition coefficient (Wildman–Crippen LogP) is 0.939. The van der Waals surface area contributed by atoms with Crippen LogP contribution in [0.2, 0.25) is 0 Å². The number of aromatic nitrogens is 1. The number of sulfonamides is 1. The third-order valence-electron chi connectivity index (χ3n) is 3.67. The molecule has 1 fully saturated rings. The Morgan fingerprint density at radius 2 is 2.00 bits per heavy atom. The maximum Gasteiger partial charge on any atom is 0.242 e. The van der Waals surface area contributed by atoms with Crippen molar-refractivity contribution in [3.8, 4) is 0 Å². The standard InChI is InChI=1S/C13H17N3O3S2/c14-9-1-2-11-12(7-9)15-8-13(11)21(18,19)16-10-3-5-20(17)6-4-10/h1-2,7-8,10,15-16H,3-6,14H2. The van der Waals surface area contributed by atoms with Crippen LogP contribution in [-0.2, 0) is 20.8 Å². The average molecular weight is 327 g/mol. The second-order valence-corrected chi connectivity index (χ2v) is 8.58. The molecular weight excluding hydrogens is 310 g/mol. The lowest BCUT2D eigenvalue weighted by Gasteiger charge is -2.22. The van der Waals surface area contributed by atoms with Crippen molar-refractivity contribution in [2.24, 2.45) is 0 Å². The van der Waals surface area contributed by atoms with E-state index in [0.29, 0.717) is 40.9 Å². The first-order chi connectivity index (χ1) is 9.95. The van der Waals surface area contributed by atoms with Crippen LogP contribution in [0.1, 0.15) is 12.8 Å². The zero-order valence-electron chi connectivity index (χ0n) is 11.3. The molecule has 4 N–H and O–H groups in total. The van der Waals surface area contributed by atoms with Crippen LogP contribution in [0.5, 0.6) is 0 Å². The van der Waals surface area contributed by atoms with Crippen molar-refractivity contribution in [3.05, 3.63) is 24.4 Å². The fraction of sp³-hybridized carbons (Fsp3) is 0.385. The molecule has 0 aliphatic carbocycles. The number of H-pyrrole nitrogens is 1. The molecule has 0 unspecified atom stereocenters. The van der Waals surface area contributed by atoms with Crippen LogP contribution in [0.3, 0.4) is 0 Å². The summed E-state index contributed by atoms with van der Waals surface area (Å²) >= 11 is 0. The Kier molecular flexibility index (Phi) is 3.76. The van der Waals surface area contributed by atoms with E-state index in [1.807, 2.05) is 0 Å². The molecule has 1 aromatic heterocycles. The Morgan fingerprint density at radius 1 is 1.29 bits per heavy atom. The minimum Gasteiger partial charge on any atom is -0.399 e. The molecule has 3 rings (SSSR count). The van der Waals surface area contributed by atoms with Gasteiger partial charge in [0.2, 0.25) is 10.0 Å². The van der Waals surface area contributed by atoms with Crippen molar-refractivity contribution in [1.82, 2.24) is 9.71 Å². The Labute approximate surface area is 125 Å². The smallest absolute Gasteiger partial charge is 0.242 e. The summed E-state index contributed by atoms with van der Waals surface area (Å²) in [6.07, 6.45) is 2.70. The summed E-state index contributed by atoms with van der Waals surface area (Å²) in [7, 11) is -4.40. The molecule has 114 valence electrons. The van der Waals surface area contributed by atoms with Crippen molar-refractivity contribution in [3.63, 3.8) is 0 Å². The Bertz CT molecular complexity index is 788.